The fourth-order valence-corrected chi connectivity index (χ4v) is 3.37. The minimum absolute atomic E-state index is 0.0709. The highest BCUT2D eigenvalue weighted by atomic mass is 16.6. The van der Waals surface area contributed by atoms with Gasteiger partial charge in [-0.05, 0) is 66.8 Å². The molecule has 0 fully saturated rings. The SMILES string of the molecule is O=C(COc1ccc2c(c1)CCC2)Oc1ccc(C(=O)c2ccccc2)cc1. The summed E-state index contributed by atoms with van der Waals surface area (Å²) in [6, 6.07) is 21.5. The number of aryl methyl sites for hydroxylation is 2. The Balaban J connectivity index is 1.33. The Labute approximate surface area is 163 Å². The number of ketones is 1. The smallest absolute Gasteiger partial charge is 0.349 e. The zero-order chi connectivity index (χ0) is 19.3. The van der Waals surface area contributed by atoms with E-state index in [1.165, 1.54) is 17.5 Å². The van der Waals surface area contributed by atoms with Gasteiger partial charge in [-0.3, -0.25) is 4.79 Å². The minimum Gasteiger partial charge on any atom is -0.482 e. The number of rotatable bonds is 6. The molecule has 1 aliphatic carbocycles. The van der Waals surface area contributed by atoms with Gasteiger partial charge >= 0.3 is 5.97 Å². The number of carbonyl (C=O) groups is 2. The Morgan fingerprint density at radius 1 is 0.750 bits per heavy atom. The highest BCUT2D eigenvalue weighted by Gasteiger charge is 2.13. The van der Waals surface area contributed by atoms with Crippen LogP contribution in [0.5, 0.6) is 11.5 Å². The van der Waals surface area contributed by atoms with Crippen LogP contribution in [0.15, 0.2) is 72.8 Å². The molecule has 0 amide bonds. The lowest BCUT2D eigenvalue weighted by Gasteiger charge is -2.09. The van der Waals surface area contributed by atoms with Gasteiger partial charge in [0.1, 0.15) is 11.5 Å². The van der Waals surface area contributed by atoms with E-state index in [9.17, 15) is 9.59 Å². The fourth-order valence-electron chi connectivity index (χ4n) is 3.37. The summed E-state index contributed by atoms with van der Waals surface area (Å²) in [6.45, 7) is -0.163. The van der Waals surface area contributed by atoms with Crippen LogP contribution in [0.25, 0.3) is 0 Å². The van der Waals surface area contributed by atoms with Crippen LogP contribution in [0.1, 0.15) is 33.5 Å². The molecule has 28 heavy (non-hydrogen) atoms. The molecule has 0 radical (unpaired) electrons. The third-order valence-electron chi connectivity index (χ3n) is 4.81. The van der Waals surface area contributed by atoms with E-state index in [0.29, 0.717) is 22.6 Å². The number of esters is 1. The lowest BCUT2D eigenvalue weighted by atomic mass is 10.0. The summed E-state index contributed by atoms with van der Waals surface area (Å²) >= 11 is 0. The summed E-state index contributed by atoms with van der Waals surface area (Å²) < 4.78 is 10.9. The quantitative estimate of drug-likeness (QED) is 0.366. The molecular formula is C24H20O4. The van der Waals surface area contributed by atoms with E-state index in [1.807, 2.05) is 30.3 Å². The highest BCUT2D eigenvalue weighted by molar-refractivity contribution is 6.09. The number of hydrogen-bond acceptors (Lipinski definition) is 4. The van der Waals surface area contributed by atoms with Crippen molar-refractivity contribution < 1.29 is 19.1 Å². The molecule has 0 bridgehead atoms. The number of carbonyl (C=O) groups excluding carboxylic acids is 2. The van der Waals surface area contributed by atoms with Crippen LogP contribution >= 0.6 is 0 Å². The summed E-state index contributed by atoms with van der Waals surface area (Å²) in [4.78, 5) is 24.4. The molecule has 0 N–H and O–H groups in total. The van der Waals surface area contributed by atoms with Gasteiger partial charge in [-0.2, -0.15) is 0 Å². The molecule has 0 heterocycles. The van der Waals surface area contributed by atoms with Gasteiger partial charge in [-0.1, -0.05) is 36.4 Å². The van der Waals surface area contributed by atoms with Gasteiger partial charge in [0.25, 0.3) is 0 Å². The predicted molar refractivity (Wildman–Crippen MR) is 106 cm³/mol. The van der Waals surface area contributed by atoms with Crippen molar-refractivity contribution in [1.82, 2.24) is 0 Å². The molecule has 3 aromatic rings. The first kappa shape index (κ1) is 18.0. The Hall–Kier alpha value is -3.40. The van der Waals surface area contributed by atoms with Crippen molar-refractivity contribution in [3.05, 3.63) is 95.1 Å². The number of ether oxygens (including phenoxy) is 2. The summed E-state index contributed by atoms with van der Waals surface area (Å²) in [5.41, 5.74) is 3.82. The van der Waals surface area contributed by atoms with E-state index >= 15 is 0 Å². The van der Waals surface area contributed by atoms with E-state index in [0.717, 1.165) is 12.8 Å². The van der Waals surface area contributed by atoms with Crippen LogP contribution in [0.3, 0.4) is 0 Å². The van der Waals surface area contributed by atoms with E-state index in [4.69, 9.17) is 9.47 Å². The Morgan fingerprint density at radius 2 is 1.43 bits per heavy atom. The summed E-state index contributed by atoms with van der Waals surface area (Å²) in [7, 11) is 0. The minimum atomic E-state index is -0.484. The van der Waals surface area contributed by atoms with Crippen molar-refractivity contribution in [2.24, 2.45) is 0 Å². The monoisotopic (exact) mass is 372 g/mol. The van der Waals surface area contributed by atoms with Crippen LogP contribution in [-0.4, -0.2) is 18.4 Å². The molecule has 0 saturated heterocycles. The van der Waals surface area contributed by atoms with E-state index in [2.05, 4.69) is 6.07 Å². The first-order chi connectivity index (χ1) is 13.7. The summed E-state index contributed by atoms with van der Waals surface area (Å²) in [6.07, 6.45) is 3.34. The van der Waals surface area contributed by atoms with Crippen molar-refractivity contribution in [3.8, 4) is 11.5 Å². The van der Waals surface area contributed by atoms with Gasteiger partial charge in [-0.15, -0.1) is 0 Å². The van der Waals surface area contributed by atoms with Crippen LogP contribution in [-0.2, 0) is 17.6 Å². The molecule has 4 nitrogen and oxygen atoms in total. The summed E-state index contributed by atoms with van der Waals surface area (Å²) in [5.74, 6) is 0.509. The Kier molecular flexibility index (Phi) is 5.20. The first-order valence-corrected chi connectivity index (χ1v) is 9.34. The fraction of sp³-hybridized carbons (Fsp3) is 0.167. The topological polar surface area (TPSA) is 52.6 Å². The normalized spacial score (nSPS) is 12.3. The second-order valence-electron chi connectivity index (χ2n) is 6.77. The van der Waals surface area contributed by atoms with Crippen molar-refractivity contribution in [1.29, 1.82) is 0 Å². The van der Waals surface area contributed by atoms with Crippen LogP contribution in [0, 0.1) is 0 Å². The van der Waals surface area contributed by atoms with Crippen LogP contribution in [0.2, 0.25) is 0 Å². The molecule has 0 aromatic heterocycles. The molecule has 140 valence electrons. The number of benzene rings is 3. The van der Waals surface area contributed by atoms with Crippen molar-refractivity contribution in [2.75, 3.05) is 6.61 Å². The zero-order valence-electron chi connectivity index (χ0n) is 15.4. The molecule has 0 atom stereocenters. The van der Waals surface area contributed by atoms with Crippen LogP contribution in [0.4, 0.5) is 0 Å². The van der Waals surface area contributed by atoms with Gasteiger partial charge in [0.2, 0.25) is 0 Å². The molecule has 0 saturated carbocycles. The standard InChI is InChI=1S/C24H20O4/c25-23(16-27-22-14-9-17-7-4-8-20(17)15-22)28-21-12-10-19(11-13-21)24(26)18-5-2-1-3-6-18/h1-3,5-6,9-15H,4,7-8,16H2. The highest BCUT2D eigenvalue weighted by Crippen LogP contribution is 2.26. The van der Waals surface area contributed by atoms with Gasteiger partial charge in [0, 0.05) is 11.1 Å². The maximum atomic E-state index is 12.4. The lowest BCUT2D eigenvalue weighted by molar-refractivity contribution is -0.136. The molecule has 3 aromatic carbocycles. The number of hydrogen-bond donors (Lipinski definition) is 0. The van der Waals surface area contributed by atoms with Crippen LogP contribution < -0.4 is 9.47 Å². The molecule has 4 rings (SSSR count). The third kappa shape index (κ3) is 4.12. The molecule has 0 aliphatic heterocycles. The Bertz CT molecular complexity index is 991. The molecule has 4 heteroatoms. The Morgan fingerprint density at radius 3 is 2.21 bits per heavy atom. The molecule has 0 unspecified atom stereocenters. The van der Waals surface area contributed by atoms with Crippen molar-refractivity contribution in [3.63, 3.8) is 0 Å². The maximum absolute atomic E-state index is 12.4. The predicted octanol–water partition coefficient (Wildman–Crippen LogP) is 4.39. The average Bonchev–Trinajstić information content (AvgIpc) is 3.21. The first-order valence-electron chi connectivity index (χ1n) is 9.34. The van der Waals surface area contributed by atoms with Crippen molar-refractivity contribution in [2.45, 2.75) is 19.3 Å². The van der Waals surface area contributed by atoms with Crippen molar-refractivity contribution >= 4 is 11.8 Å². The summed E-state index contributed by atoms with van der Waals surface area (Å²) in [5, 5.41) is 0. The van der Waals surface area contributed by atoms with E-state index < -0.39 is 5.97 Å². The van der Waals surface area contributed by atoms with Gasteiger partial charge in [0.15, 0.2) is 12.4 Å². The number of fused-ring (bicyclic) bond motifs is 1. The average molecular weight is 372 g/mol. The van der Waals surface area contributed by atoms with E-state index in [1.54, 1.807) is 36.4 Å². The largest absolute Gasteiger partial charge is 0.482 e. The molecule has 0 spiro atoms. The molecule has 1 aliphatic rings. The van der Waals surface area contributed by atoms with Gasteiger partial charge in [0.05, 0.1) is 0 Å². The maximum Gasteiger partial charge on any atom is 0.349 e. The van der Waals surface area contributed by atoms with Gasteiger partial charge < -0.3 is 9.47 Å². The second kappa shape index (κ2) is 8.09. The second-order valence-corrected chi connectivity index (χ2v) is 6.77. The zero-order valence-corrected chi connectivity index (χ0v) is 15.4. The third-order valence-corrected chi connectivity index (χ3v) is 4.81. The van der Waals surface area contributed by atoms with E-state index in [-0.39, 0.29) is 12.4 Å². The van der Waals surface area contributed by atoms with Gasteiger partial charge in [-0.25, -0.2) is 4.79 Å². The lowest BCUT2D eigenvalue weighted by Crippen LogP contribution is -2.17. The molecular weight excluding hydrogens is 352 g/mol.